The molecule has 0 N–H and O–H groups in total. The van der Waals surface area contributed by atoms with Crippen molar-refractivity contribution in [3.8, 4) is 0 Å². The smallest absolute Gasteiger partial charge is 0.316 e. The number of benzene rings is 1. The zero-order valence-electron chi connectivity index (χ0n) is 11.5. The minimum Gasteiger partial charge on any atom is -0.316 e. The Balaban J connectivity index is 2.14. The average molecular weight is 378 g/mol. The molecule has 0 atom stereocenters. The van der Waals surface area contributed by atoms with Gasteiger partial charge in [0.1, 0.15) is 6.33 Å². The number of alkyl halides is 4. The van der Waals surface area contributed by atoms with Crippen LogP contribution in [0.3, 0.4) is 0 Å². The normalized spacial score (nSPS) is 19.7. The summed E-state index contributed by atoms with van der Waals surface area (Å²) >= 11 is 3.20. The topological polar surface area (TPSA) is 30.7 Å². The lowest BCUT2D eigenvalue weighted by atomic mass is 9.58. The standard InChI is InChI=1S/C14H12BrF4N3/c1-22-8-20-21-11(22)14(18,19)12(6-13(16,17)7-12)9-3-2-4-10(15)5-9/h2-5,8H,6-7H2,1H3. The van der Waals surface area contributed by atoms with E-state index in [1.165, 1.54) is 19.2 Å². The van der Waals surface area contributed by atoms with Gasteiger partial charge in [-0.05, 0) is 17.7 Å². The molecule has 2 aromatic rings. The molecule has 1 fully saturated rings. The van der Waals surface area contributed by atoms with E-state index in [4.69, 9.17) is 0 Å². The van der Waals surface area contributed by atoms with Gasteiger partial charge < -0.3 is 4.57 Å². The SMILES string of the molecule is Cn1cnnc1C(F)(F)C1(c2cccc(Br)c2)CC(F)(F)C1. The van der Waals surface area contributed by atoms with Gasteiger partial charge in [0.05, 0.1) is 5.41 Å². The zero-order chi connectivity index (χ0) is 16.2. The highest BCUT2D eigenvalue weighted by molar-refractivity contribution is 9.10. The van der Waals surface area contributed by atoms with Gasteiger partial charge in [-0.25, -0.2) is 8.78 Å². The first-order chi connectivity index (χ1) is 10.2. The Kier molecular flexibility index (Phi) is 3.36. The van der Waals surface area contributed by atoms with E-state index in [1.54, 1.807) is 12.1 Å². The lowest BCUT2D eigenvalue weighted by Gasteiger charge is -2.51. The second-order valence-corrected chi connectivity index (χ2v) is 6.56. The molecule has 1 aliphatic rings. The summed E-state index contributed by atoms with van der Waals surface area (Å²) in [5.41, 5.74) is -1.82. The van der Waals surface area contributed by atoms with Gasteiger partial charge in [0.15, 0.2) is 0 Å². The van der Waals surface area contributed by atoms with Crippen molar-refractivity contribution in [3.05, 3.63) is 46.5 Å². The summed E-state index contributed by atoms with van der Waals surface area (Å²) in [6, 6.07) is 6.13. The van der Waals surface area contributed by atoms with E-state index < -0.39 is 35.9 Å². The zero-order valence-corrected chi connectivity index (χ0v) is 13.1. The van der Waals surface area contributed by atoms with Crippen molar-refractivity contribution in [2.24, 2.45) is 7.05 Å². The molecular formula is C14H12BrF4N3. The molecule has 1 heterocycles. The van der Waals surface area contributed by atoms with Gasteiger partial charge in [-0.2, -0.15) is 8.78 Å². The van der Waals surface area contributed by atoms with E-state index in [-0.39, 0.29) is 5.56 Å². The van der Waals surface area contributed by atoms with Crippen LogP contribution < -0.4 is 0 Å². The molecule has 0 aliphatic heterocycles. The van der Waals surface area contributed by atoms with Gasteiger partial charge >= 0.3 is 5.92 Å². The third kappa shape index (κ3) is 2.15. The molecule has 0 unspecified atom stereocenters. The van der Waals surface area contributed by atoms with Gasteiger partial charge in [-0.3, -0.25) is 0 Å². The highest BCUT2D eigenvalue weighted by Gasteiger charge is 2.71. The quantitative estimate of drug-likeness (QED) is 0.755. The molecule has 1 saturated carbocycles. The van der Waals surface area contributed by atoms with Gasteiger partial charge in [-0.15, -0.1) is 10.2 Å². The summed E-state index contributed by atoms with van der Waals surface area (Å²) in [5.74, 6) is -7.27. The van der Waals surface area contributed by atoms with Crippen LogP contribution >= 0.6 is 15.9 Å². The Morgan fingerprint density at radius 2 is 1.95 bits per heavy atom. The van der Waals surface area contributed by atoms with E-state index in [0.717, 1.165) is 10.9 Å². The molecule has 1 aromatic carbocycles. The lowest BCUT2D eigenvalue weighted by Crippen LogP contribution is -2.59. The fourth-order valence-electron chi connectivity index (χ4n) is 3.01. The predicted octanol–water partition coefficient (Wildman–Crippen LogP) is 4.04. The summed E-state index contributed by atoms with van der Waals surface area (Å²) in [5, 5.41) is 6.88. The van der Waals surface area contributed by atoms with Crippen LogP contribution in [0.15, 0.2) is 35.1 Å². The summed E-state index contributed by atoms with van der Waals surface area (Å²) in [6.45, 7) is 0. The van der Waals surface area contributed by atoms with Crippen molar-refractivity contribution in [3.63, 3.8) is 0 Å². The molecule has 0 radical (unpaired) electrons. The highest BCUT2D eigenvalue weighted by atomic mass is 79.9. The molecule has 0 spiro atoms. The van der Waals surface area contributed by atoms with E-state index in [2.05, 4.69) is 26.1 Å². The Morgan fingerprint density at radius 3 is 2.45 bits per heavy atom. The van der Waals surface area contributed by atoms with Gasteiger partial charge in [0.25, 0.3) is 0 Å². The number of halogens is 5. The van der Waals surface area contributed by atoms with Gasteiger partial charge in [0, 0.05) is 24.4 Å². The molecule has 0 saturated heterocycles. The predicted molar refractivity (Wildman–Crippen MR) is 74.9 cm³/mol. The lowest BCUT2D eigenvalue weighted by molar-refractivity contribution is -0.224. The summed E-state index contributed by atoms with van der Waals surface area (Å²) in [6.07, 6.45) is -0.707. The van der Waals surface area contributed by atoms with E-state index in [9.17, 15) is 8.78 Å². The highest BCUT2D eigenvalue weighted by Crippen LogP contribution is 2.63. The number of rotatable bonds is 3. The Bertz CT molecular complexity index is 706. The third-order valence-electron chi connectivity index (χ3n) is 4.09. The maximum Gasteiger partial charge on any atom is 0.316 e. The molecule has 1 aliphatic carbocycles. The molecule has 0 amide bonds. The molecule has 22 heavy (non-hydrogen) atoms. The minimum atomic E-state index is -3.55. The maximum atomic E-state index is 15.0. The van der Waals surface area contributed by atoms with Crippen LogP contribution in [0.4, 0.5) is 17.6 Å². The number of hydrogen-bond donors (Lipinski definition) is 0. The average Bonchev–Trinajstić information content (AvgIpc) is 2.82. The van der Waals surface area contributed by atoms with Crippen LogP contribution in [-0.4, -0.2) is 20.7 Å². The summed E-state index contributed by atoms with van der Waals surface area (Å²) in [7, 11) is 1.37. The largest absolute Gasteiger partial charge is 0.316 e. The van der Waals surface area contributed by atoms with Crippen LogP contribution in [0.2, 0.25) is 0 Å². The van der Waals surface area contributed by atoms with E-state index in [0.29, 0.717) is 4.47 Å². The van der Waals surface area contributed by atoms with Crippen LogP contribution in [0, 0.1) is 0 Å². The summed E-state index contributed by atoms with van der Waals surface area (Å²) < 4.78 is 58.7. The van der Waals surface area contributed by atoms with Crippen LogP contribution in [0.25, 0.3) is 0 Å². The van der Waals surface area contributed by atoms with Crippen LogP contribution in [0.5, 0.6) is 0 Å². The molecule has 3 rings (SSSR count). The number of hydrogen-bond acceptors (Lipinski definition) is 2. The molecule has 118 valence electrons. The molecule has 8 heteroatoms. The summed E-state index contributed by atoms with van der Waals surface area (Å²) in [4.78, 5) is 0. The Morgan fingerprint density at radius 1 is 1.27 bits per heavy atom. The van der Waals surface area contributed by atoms with Crippen molar-refractivity contribution in [2.45, 2.75) is 30.1 Å². The van der Waals surface area contributed by atoms with Crippen molar-refractivity contribution >= 4 is 15.9 Å². The maximum absolute atomic E-state index is 15.0. The third-order valence-corrected chi connectivity index (χ3v) is 4.58. The van der Waals surface area contributed by atoms with Crippen molar-refractivity contribution < 1.29 is 17.6 Å². The fraction of sp³-hybridized carbons (Fsp3) is 0.429. The van der Waals surface area contributed by atoms with Crippen molar-refractivity contribution in [1.29, 1.82) is 0 Å². The second-order valence-electron chi connectivity index (χ2n) is 5.64. The van der Waals surface area contributed by atoms with E-state index >= 15 is 8.78 Å². The first-order valence-corrected chi connectivity index (χ1v) is 7.33. The Hall–Kier alpha value is -1.44. The van der Waals surface area contributed by atoms with Gasteiger partial charge in [0.2, 0.25) is 11.7 Å². The number of aromatic nitrogens is 3. The first-order valence-electron chi connectivity index (χ1n) is 6.54. The van der Waals surface area contributed by atoms with Crippen LogP contribution in [0.1, 0.15) is 24.2 Å². The van der Waals surface area contributed by atoms with Crippen molar-refractivity contribution in [2.75, 3.05) is 0 Å². The van der Waals surface area contributed by atoms with Crippen molar-refractivity contribution in [1.82, 2.24) is 14.8 Å². The minimum absolute atomic E-state index is 0.167. The molecular weight excluding hydrogens is 366 g/mol. The van der Waals surface area contributed by atoms with E-state index in [1.807, 2.05) is 0 Å². The Labute approximate surface area is 132 Å². The fourth-order valence-corrected chi connectivity index (χ4v) is 3.41. The van der Waals surface area contributed by atoms with Crippen LogP contribution in [-0.2, 0) is 18.4 Å². The number of nitrogens with zero attached hydrogens (tertiary/aromatic N) is 3. The molecule has 0 bridgehead atoms. The second kappa shape index (κ2) is 4.78. The van der Waals surface area contributed by atoms with Gasteiger partial charge in [-0.1, -0.05) is 28.1 Å². The first kappa shape index (κ1) is 15.5. The molecule has 1 aromatic heterocycles. The monoisotopic (exact) mass is 377 g/mol. The number of aryl methyl sites for hydroxylation is 1. The molecule has 3 nitrogen and oxygen atoms in total.